The third kappa shape index (κ3) is 3.31. The lowest BCUT2D eigenvalue weighted by Crippen LogP contribution is -2.00. The highest BCUT2D eigenvalue weighted by molar-refractivity contribution is 5.57. The fourth-order valence-electron chi connectivity index (χ4n) is 1.71. The normalized spacial score (nSPS) is 10.7. The standard InChI is InChI=1S/C15H17N3O/c1-4-7-12-8-5-6-9-13(12)19-14-10-11(2)17-15(16-3)18-14/h4-10H,1-3H3,(H,16,17,18)/b7-4+. The molecule has 0 aliphatic heterocycles. The molecule has 0 spiro atoms. The van der Waals surface area contributed by atoms with E-state index >= 15 is 0 Å². The van der Waals surface area contributed by atoms with Crippen molar-refractivity contribution in [3.05, 3.63) is 47.7 Å². The molecule has 0 atom stereocenters. The number of hydrogen-bond acceptors (Lipinski definition) is 4. The number of nitrogens with zero attached hydrogens (tertiary/aromatic N) is 2. The monoisotopic (exact) mass is 255 g/mol. The predicted molar refractivity (Wildman–Crippen MR) is 77.5 cm³/mol. The molecule has 0 fully saturated rings. The van der Waals surface area contributed by atoms with E-state index in [0.29, 0.717) is 11.8 Å². The number of aryl methyl sites for hydroxylation is 1. The maximum absolute atomic E-state index is 5.84. The van der Waals surface area contributed by atoms with Gasteiger partial charge >= 0.3 is 0 Å². The van der Waals surface area contributed by atoms with Crippen molar-refractivity contribution in [3.63, 3.8) is 0 Å². The van der Waals surface area contributed by atoms with Crippen LogP contribution in [0, 0.1) is 6.92 Å². The molecule has 0 radical (unpaired) electrons. The molecule has 1 aromatic heterocycles. The lowest BCUT2D eigenvalue weighted by atomic mass is 10.2. The van der Waals surface area contributed by atoms with E-state index in [0.717, 1.165) is 17.0 Å². The number of aromatic nitrogens is 2. The average Bonchev–Trinajstić information content (AvgIpc) is 2.40. The first-order chi connectivity index (χ1) is 9.22. The molecule has 1 aromatic carbocycles. The largest absolute Gasteiger partial charge is 0.438 e. The van der Waals surface area contributed by atoms with Gasteiger partial charge in [-0.15, -0.1) is 0 Å². The van der Waals surface area contributed by atoms with E-state index in [1.165, 1.54) is 0 Å². The molecule has 0 bridgehead atoms. The van der Waals surface area contributed by atoms with Crippen LogP contribution in [0.3, 0.4) is 0 Å². The Balaban J connectivity index is 2.33. The zero-order valence-electron chi connectivity index (χ0n) is 11.3. The number of benzene rings is 1. The van der Waals surface area contributed by atoms with Crippen molar-refractivity contribution in [1.29, 1.82) is 0 Å². The smallest absolute Gasteiger partial charge is 0.225 e. The summed E-state index contributed by atoms with van der Waals surface area (Å²) in [7, 11) is 1.78. The number of ether oxygens (including phenoxy) is 1. The van der Waals surface area contributed by atoms with Crippen LogP contribution >= 0.6 is 0 Å². The topological polar surface area (TPSA) is 47.0 Å². The molecule has 98 valence electrons. The summed E-state index contributed by atoms with van der Waals surface area (Å²) in [6.45, 7) is 3.89. The van der Waals surface area contributed by atoms with Crippen molar-refractivity contribution < 1.29 is 4.74 Å². The minimum Gasteiger partial charge on any atom is -0.438 e. The van der Waals surface area contributed by atoms with Gasteiger partial charge in [0.1, 0.15) is 5.75 Å². The minimum absolute atomic E-state index is 0.536. The van der Waals surface area contributed by atoms with E-state index in [9.17, 15) is 0 Å². The third-order valence-corrected chi connectivity index (χ3v) is 2.53. The summed E-state index contributed by atoms with van der Waals surface area (Å²) in [5, 5.41) is 2.92. The van der Waals surface area contributed by atoms with Crippen molar-refractivity contribution in [1.82, 2.24) is 9.97 Å². The Morgan fingerprint density at radius 1 is 1.21 bits per heavy atom. The predicted octanol–water partition coefficient (Wildman–Crippen LogP) is 3.65. The second-order valence-corrected chi connectivity index (χ2v) is 4.06. The molecule has 1 heterocycles. The molecule has 0 saturated carbocycles. The minimum atomic E-state index is 0.536. The second kappa shape index (κ2) is 6.00. The summed E-state index contributed by atoms with van der Waals surface area (Å²) in [6.07, 6.45) is 3.98. The Morgan fingerprint density at radius 3 is 2.74 bits per heavy atom. The van der Waals surface area contributed by atoms with Crippen molar-refractivity contribution in [2.24, 2.45) is 0 Å². The van der Waals surface area contributed by atoms with E-state index in [-0.39, 0.29) is 0 Å². The molecule has 2 aromatic rings. The molecule has 0 unspecified atom stereocenters. The summed E-state index contributed by atoms with van der Waals surface area (Å²) in [5.41, 5.74) is 1.88. The highest BCUT2D eigenvalue weighted by Gasteiger charge is 2.05. The van der Waals surface area contributed by atoms with Crippen molar-refractivity contribution >= 4 is 12.0 Å². The Morgan fingerprint density at radius 2 is 2.00 bits per heavy atom. The number of allylic oxidation sites excluding steroid dienone is 1. The van der Waals surface area contributed by atoms with Crippen molar-refractivity contribution in [2.75, 3.05) is 12.4 Å². The lowest BCUT2D eigenvalue weighted by molar-refractivity contribution is 0.460. The molecule has 2 rings (SSSR count). The van der Waals surface area contributed by atoms with E-state index in [1.54, 1.807) is 7.05 Å². The molecular weight excluding hydrogens is 238 g/mol. The van der Waals surface area contributed by atoms with Crippen molar-refractivity contribution in [3.8, 4) is 11.6 Å². The fourth-order valence-corrected chi connectivity index (χ4v) is 1.71. The SMILES string of the molecule is C/C=C/c1ccccc1Oc1cc(C)nc(NC)n1. The first kappa shape index (κ1) is 13.1. The summed E-state index contributed by atoms with van der Waals surface area (Å²) in [6, 6.07) is 9.66. The van der Waals surface area contributed by atoms with Crippen LogP contribution in [0.4, 0.5) is 5.95 Å². The van der Waals surface area contributed by atoms with Gasteiger partial charge in [-0.25, -0.2) is 4.98 Å². The molecule has 0 aliphatic rings. The van der Waals surface area contributed by atoms with Crippen LogP contribution in [0.5, 0.6) is 11.6 Å². The van der Waals surface area contributed by atoms with Gasteiger partial charge in [0.05, 0.1) is 0 Å². The van der Waals surface area contributed by atoms with Crippen LogP contribution in [0.25, 0.3) is 6.08 Å². The van der Waals surface area contributed by atoms with Crippen LogP contribution in [0.15, 0.2) is 36.4 Å². The van der Waals surface area contributed by atoms with Gasteiger partial charge in [0.2, 0.25) is 11.8 Å². The number of nitrogens with one attached hydrogen (secondary N) is 1. The molecule has 0 aliphatic carbocycles. The van der Waals surface area contributed by atoms with Crippen LogP contribution in [0.1, 0.15) is 18.2 Å². The van der Waals surface area contributed by atoms with Gasteiger partial charge in [-0.1, -0.05) is 30.4 Å². The van der Waals surface area contributed by atoms with Gasteiger partial charge in [0.25, 0.3) is 0 Å². The van der Waals surface area contributed by atoms with E-state index in [4.69, 9.17) is 4.74 Å². The van der Waals surface area contributed by atoms with Gasteiger partial charge in [-0.3, -0.25) is 0 Å². The summed E-state index contributed by atoms with van der Waals surface area (Å²) in [5.74, 6) is 1.87. The number of rotatable bonds is 4. The number of hydrogen-bond donors (Lipinski definition) is 1. The highest BCUT2D eigenvalue weighted by Crippen LogP contribution is 2.25. The van der Waals surface area contributed by atoms with E-state index in [1.807, 2.05) is 56.3 Å². The average molecular weight is 255 g/mol. The maximum atomic E-state index is 5.84. The molecule has 4 nitrogen and oxygen atoms in total. The zero-order valence-corrected chi connectivity index (χ0v) is 11.3. The number of anilines is 1. The number of para-hydroxylation sites is 1. The Hall–Kier alpha value is -2.36. The maximum Gasteiger partial charge on any atom is 0.225 e. The molecule has 4 heteroatoms. The summed E-state index contributed by atoms with van der Waals surface area (Å²) >= 11 is 0. The van der Waals surface area contributed by atoms with Crippen molar-refractivity contribution in [2.45, 2.75) is 13.8 Å². The zero-order chi connectivity index (χ0) is 13.7. The van der Waals surface area contributed by atoms with Gasteiger partial charge in [-0.2, -0.15) is 4.98 Å². The van der Waals surface area contributed by atoms with Gasteiger partial charge in [0.15, 0.2) is 0 Å². The Bertz CT molecular complexity index is 594. The van der Waals surface area contributed by atoms with Crippen LogP contribution in [-0.2, 0) is 0 Å². The molecular formula is C15H17N3O. The summed E-state index contributed by atoms with van der Waals surface area (Å²) < 4.78 is 5.84. The Labute approximate surface area is 113 Å². The molecule has 0 saturated heterocycles. The lowest BCUT2D eigenvalue weighted by Gasteiger charge is -2.09. The highest BCUT2D eigenvalue weighted by atomic mass is 16.5. The van der Waals surface area contributed by atoms with E-state index in [2.05, 4.69) is 15.3 Å². The first-order valence-corrected chi connectivity index (χ1v) is 6.16. The fraction of sp³-hybridized carbons (Fsp3) is 0.200. The van der Waals surface area contributed by atoms with Crippen LogP contribution in [0.2, 0.25) is 0 Å². The second-order valence-electron chi connectivity index (χ2n) is 4.06. The summed E-state index contributed by atoms with van der Waals surface area (Å²) in [4.78, 5) is 8.52. The molecule has 19 heavy (non-hydrogen) atoms. The van der Waals surface area contributed by atoms with Crippen LogP contribution in [-0.4, -0.2) is 17.0 Å². The first-order valence-electron chi connectivity index (χ1n) is 6.16. The van der Waals surface area contributed by atoms with Crippen LogP contribution < -0.4 is 10.1 Å². The van der Waals surface area contributed by atoms with E-state index < -0.39 is 0 Å². The van der Waals surface area contributed by atoms with Gasteiger partial charge in [-0.05, 0) is 19.9 Å². The third-order valence-electron chi connectivity index (χ3n) is 2.53. The molecule has 1 N–H and O–H groups in total. The quantitative estimate of drug-likeness (QED) is 0.905. The van der Waals surface area contributed by atoms with Gasteiger partial charge < -0.3 is 10.1 Å². The Kier molecular flexibility index (Phi) is 4.13. The molecule has 0 amide bonds. The van der Waals surface area contributed by atoms with Gasteiger partial charge in [0, 0.05) is 24.4 Å².